The summed E-state index contributed by atoms with van der Waals surface area (Å²) in [6.45, 7) is 1.18. The average Bonchev–Trinajstić information content (AvgIpc) is 3.42. The van der Waals surface area contributed by atoms with E-state index >= 15 is 0 Å². The van der Waals surface area contributed by atoms with Crippen molar-refractivity contribution >= 4 is 17.5 Å². The second-order valence-corrected chi connectivity index (χ2v) is 7.66. The Hall–Kier alpha value is -4.86. The van der Waals surface area contributed by atoms with Crippen LogP contribution in [-0.2, 0) is 13.1 Å². The first-order valence-electron chi connectivity index (χ1n) is 10.9. The van der Waals surface area contributed by atoms with Gasteiger partial charge in [-0.2, -0.15) is 10.1 Å². The lowest BCUT2D eigenvalue weighted by Crippen LogP contribution is -2.07. The fraction of sp³-hybridized carbons (Fsp3) is 0.120. The molecule has 174 valence electrons. The Bertz CT molecular complexity index is 1370. The Morgan fingerprint density at radius 1 is 0.914 bits per heavy atom. The van der Waals surface area contributed by atoms with Gasteiger partial charge in [-0.1, -0.05) is 30.3 Å². The zero-order valence-electron chi connectivity index (χ0n) is 19.0. The molecule has 2 aromatic carbocycles. The quantitative estimate of drug-likeness (QED) is 0.334. The van der Waals surface area contributed by atoms with Gasteiger partial charge in [-0.05, 0) is 23.8 Å². The van der Waals surface area contributed by atoms with E-state index < -0.39 is 0 Å². The van der Waals surface area contributed by atoms with Gasteiger partial charge in [0.05, 0.1) is 13.7 Å². The lowest BCUT2D eigenvalue weighted by atomic mass is 10.1. The van der Waals surface area contributed by atoms with Gasteiger partial charge in [0.1, 0.15) is 30.5 Å². The molecule has 5 rings (SSSR count). The second kappa shape index (κ2) is 10.4. The van der Waals surface area contributed by atoms with E-state index in [1.54, 1.807) is 36.7 Å². The van der Waals surface area contributed by atoms with E-state index in [1.807, 2.05) is 48.5 Å². The molecule has 0 bridgehead atoms. The van der Waals surface area contributed by atoms with Crippen LogP contribution >= 0.6 is 0 Å². The molecule has 0 aliphatic carbocycles. The third-order valence-electron chi connectivity index (χ3n) is 5.32. The minimum Gasteiger partial charge on any atom is -0.496 e. The van der Waals surface area contributed by atoms with Crippen molar-refractivity contribution in [1.82, 2.24) is 34.7 Å². The third kappa shape index (κ3) is 5.38. The molecule has 0 unspecified atom stereocenters. The van der Waals surface area contributed by atoms with Gasteiger partial charge < -0.3 is 15.4 Å². The molecule has 10 nitrogen and oxygen atoms in total. The summed E-state index contributed by atoms with van der Waals surface area (Å²) in [5.74, 6) is 1.94. The Kier molecular flexibility index (Phi) is 6.51. The maximum absolute atomic E-state index is 5.48. The van der Waals surface area contributed by atoms with Crippen molar-refractivity contribution in [2.24, 2.45) is 0 Å². The number of anilines is 3. The van der Waals surface area contributed by atoms with Crippen LogP contribution in [0.3, 0.4) is 0 Å². The Balaban J connectivity index is 1.37. The third-order valence-corrected chi connectivity index (χ3v) is 5.32. The van der Waals surface area contributed by atoms with Crippen molar-refractivity contribution in [3.05, 3.63) is 97.2 Å². The first-order valence-corrected chi connectivity index (χ1v) is 10.9. The fourth-order valence-electron chi connectivity index (χ4n) is 3.58. The molecule has 0 saturated heterocycles. The van der Waals surface area contributed by atoms with E-state index in [0.29, 0.717) is 24.9 Å². The first kappa shape index (κ1) is 22.0. The van der Waals surface area contributed by atoms with Gasteiger partial charge in [-0.25, -0.2) is 24.6 Å². The Morgan fingerprint density at radius 3 is 2.51 bits per heavy atom. The number of benzene rings is 2. The SMILES string of the molecule is COc1ccccc1CNc1nc(Nc2ccc(Cn3cncn3)cc2)ncc1-c1cncnc1. The highest BCUT2D eigenvalue weighted by Crippen LogP contribution is 2.28. The summed E-state index contributed by atoms with van der Waals surface area (Å²) < 4.78 is 7.25. The van der Waals surface area contributed by atoms with Crippen LogP contribution in [-0.4, -0.2) is 41.8 Å². The number of nitrogens with one attached hydrogen (secondary N) is 2. The Morgan fingerprint density at radius 2 is 1.74 bits per heavy atom. The number of ether oxygens (including phenoxy) is 1. The topological polar surface area (TPSA) is 116 Å². The zero-order valence-corrected chi connectivity index (χ0v) is 19.0. The van der Waals surface area contributed by atoms with Gasteiger partial charge in [0.15, 0.2) is 0 Å². The van der Waals surface area contributed by atoms with E-state index in [9.17, 15) is 0 Å². The average molecular weight is 466 g/mol. The lowest BCUT2D eigenvalue weighted by Gasteiger charge is -2.14. The summed E-state index contributed by atoms with van der Waals surface area (Å²) in [6.07, 6.45) is 9.95. The normalized spacial score (nSPS) is 10.7. The van der Waals surface area contributed by atoms with Crippen LogP contribution in [0.5, 0.6) is 5.75 Å². The van der Waals surface area contributed by atoms with Crippen molar-refractivity contribution < 1.29 is 4.74 Å². The number of rotatable bonds is 9. The number of nitrogens with zero attached hydrogens (tertiary/aromatic N) is 7. The van der Waals surface area contributed by atoms with E-state index in [-0.39, 0.29) is 0 Å². The van der Waals surface area contributed by atoms with Crippen LogP contribution in [0.4, 0.5) is 17.5 Å². The van der Waals surface area contributed by atoms with Crippen molar-refractivity contribution in [3.8, 4) is 16.9 Å². The van der Waals surface area contributed by atoms with Gasteiger partial charge >= 0.3 is 0 Å². The molecule has 2 N–H and O–H groups in total. The van der Waals surface area contributed by atoms with Crippen molar-refractivity contribution in [3.63, 3.8) is 0 Å². The molecule has 0 aliphatic rings. The van der Waals surface area contributed by atoms with Crippen LogP contribution in [0.15, 0.2) is 86.1 Å². The summed E-state index contributed by atoms with van der Waals surface area (Å²) in [6, 6.07) is 15.9. The standard InChI is InChI=1S/C25H23N9O/c1-35-23-5-3-2-4-19(23)12-29-24-22(20-10-26-15-27-11-20)13-30-25(33-24)32-21-8-6-18(7-9-21)14-34-17-28-16-31-34/h2-11,13,15-17H,12,14H2,1H3,(H2,29,30,32,33). The number of methoxy groups -OCH3 is 1. The van der Waals surface area contributed by atoms with Gasteiger partial charge in [0.2, 0.25) is 5.95 Å². The van der Waals surface area contributed by atoms with Gasteiger partial charge in [0, 0.05) is 47.5 Å². The molecule has 35 heavy (non-hydrogen) atoms. The highest BCUT2D eigenvalue weighted by Gasteiger charge is 2.12. The number of aromatic nitrogens is 7. The lowest BCUT2D eigenvalue weighted by molar-refractivity contribution is 0.410. The predicted molar refractivity (Wildman–Crippen MR) is 132 cm³/mol. The molecule has 0 atom stereocenters. The molecule has 0 spiro atoms. The molecule has 0 radical (unpaired) electrons. The minimum absolute atomic E-state index is 0.470. The van der Waals surface area contributed by atoms with Crippen LogP contribution in [0.1, 0.15) is 11.1 Å². The largest absolute Gasteiger partial charge is 0.496 e. The van der Waals surface area contributed by atoms with Crippen molar-refractivity contribution in [2.45, 2.75) is 13.1 Å². The van der Waals surface area contributed by atoms with Crippen molar-refractivity contribution in [2.75, 3.05) is 17.7 Å². The maximum Gasteiger partial charge on any atom is 0.229 e. The summed E-state index contributed by atoms with van der Waals surface area (Å²) in [7, 11) is 1.66. The van der Waals surface area contributed by atoms with Crippen LogP contribution in [0.25, 0.3) is 11.1 Å². The maximum atomic E-state index is 5.48. The number of hydrogen-bond donors (Lipinski definition) is 2. The van der Waals surface area contributed by atoms with Gasteiger partial charge in [0.25, 0.3) is 0 Å². The Labute approximate surface area is 202 Å². The van der Waals surface area contributed by atoms with E-state index in [4.69, 9.17) is 9.72 Å². The highest BCUT2D eigenvalue weighted by atomic mass is 16.5. The van der Waals surface area contributed by atoms with Gasteiger partial charge in [-0.15, -0.1) is 0 Å². The van der Waals surface area contributed by atoms with E-state index in [2.05, 4.69) is 35.7 Å². The molecule has 0 amide bonds. The van der Waals surface area contributed by atoms with E-state index in [0.717, 1.165) is 33.7 Å². The molecule has 10 heteroatoms. The van der Waals surface area contributed by atoms with Gasteiger partial charge in [-0.3, -0.25) is 0 Å². The number of para-hydroxylation sites is 1. The van der Waals surface area contributed by atoms with E-state index in [1.165, 1.54) is 12.7 Å². The zero-order chi connectivity index (χ0) is 23.9. The molecular formula is C25H23N9O. The molecule has 3 aromatic heterocycles. The molecule has 3 heterocycles. The minimum atomic E-state index is 0.470. The summed E-state index contributed by atoms with van der Waals surface area (Å²) >= 11 is 0. The molecule has 0 aliphatic heterocycles. The first-order chi connectivity index (χ1) is 17.3. The molecule has 0 fully saturated rings. The smallest absolute Gasteiger partial charge is 0.229 e. The second-order valence-electron chi connectivity index (χ2n) is 7.66. The molecular weight excluding hydrogens is 442 g/mol. The van der Waals surface area contributed by atoms with Crippen LogP contribution in [0, 0.1) is 0 Å². The number of hydrogen-bond acceptors (Lipinski definition) is 9. The monoisotopic (exact) mass is 465 g/mol. The molecule has 5 aromatic rings. The summed E-state index contributed by atoms with van der Waals surface area (Å²) in [5, 5.41) is 10.8. The predicted octanol–water partition coefficient (Wildman–Crippen LogP) is 3.94. The van der Waals surface area contributed by atoms with Crippen molar-refractivity contribution in [1.29, 1.82) is 0 Å². The van der Waals surface area contributed by atoms with Crippen LogP contribution in [0.2, 0.25) is 0 Å². The fourth-order valence-corrected chi connectivity index (χ4v) is 3.58. The summed E-state index contributed by atoms with van der Waals surface area (Å²) in [4.78, 5) is 21.5. The molecule has 0 saturated carbocycles. The summed E-state index contributed by atoms with van der Waals surface area (Å²) in [5.41, 5.74) is 4.62. The van der Waals surface area contributed by atoms with Crippen LogP contribution < -0.4 is 15.4 Å². The highest BCUT2D eigenvalue weighted by molar-refractivity contribution is 5.74.